The Hall–Kier alpha value is -2.24. The average Bonchev–Trinajstić information content (AvgIpc) is 2.51. The van der Waals surface area contributed by atoms with Crippen LogP contribution < -0.4 is 4.90 Å². The lowest BCUT2D eigenvalue weighted by molar-refractivity contribution is -0.384. The molecule has 1 aromatic carbocycles. The molecule has 0 aromatic heterocycles. The van der Waals surface area contributed by atoms with Crippen LogP contribution in [0.1, 0.15) is 17.3 Å². The number of para-hydroxylation sites is 1. The van der Waals surface area contributed by atoms with E-state index < -0.39 is 16.6 Å². The normalized spacial score (nSPS) is 14.2. The van der Waals surface area contributed by atoms with Gasteiger partial charge in [-0.2, -0.15) is 0 Å². The number of carbonyl (C=O) groups is 2. The molecule has 1 aliphatic rings. The lowest BCUT2D eigenvalue weighted by Gasteiger charge is -2.12. The van der Waals surface area contributed by atoms with E-state index in [2.05, 4.69) is 0 Å². The topological polar surface area (TPSA) is 80.5 Å². The number of nitro groups is 1. The average molecular weight is 220 g/mol. The number of carbonyl (C=O) groups excluding carboxylic acids is 2. The third-order valence-corrected chi connectivity index (χ3v) is 2.48. The Morgan fingerprint density at radius 2 is 2.06 bits per heavy atom. The van der Waals surface area contributed by atoms with E-state index in [1.165, 1.54) is 18.2 Å². The van der Waals surface area contributed by atoms with Crippen molar-refractivity contribution in [3.8, 4) is 0 Å². The summed E-state index contributed by atoms with van der Waals surface area (Å²) in [7, 11) is 0. The summed E-state index contributed by atoms with van der Waals surface area (Å²) in [5.41, 5.74) is 0.0181. The number of anilines is 1. The molecule has 0 N–H and O–H groups in total. The van der Waals surface area contributed by atoms with Crippen molar-refractivity contribution in [3.63, 3.8) is 0 Å². The molecule has 1 amide bonds. The van der Waals surface area contributed by atoms with Crippen molar-refractivity contribution in [2.45, 2.75) is 6.92 Å². The number of amides is 1. The summed E-state index contributed by atoms with van der Waals surface area (Å²) < 4.78 is 0. The number of fused-ring (bicyclic) bond motifs is 1. The maximum atomic E-state index is 11.5. The fourth-order valence-electron chi connectivity index (χ4n) is 1.79. The number of ketones is 1. The first-order valence-electron chi connectivity index (χ1n) is 4.71. The fourth-order valence-corrected chi connectivity index (χ4v) is 1.79. The first kappa shape index (κ1) is 10.3. The van der Waals surface area contributed by atoms with Crippen LogP contribution in [0.3, 0.4) is 0 Å². The van der Waals surface area contributed by atoms with Gasteiger partial charge in [0.2, 0.25) is 0 Å². The zero-order valence-electron chi connectivity index (χ0n) is 8.47. The summed E-state index contributed by atoms with van der Waals surface area (Å²) >= 11 is 0. The highest BCUT2D eigenvalue weighted by Crippen LogP contribution is 2.36. The van der Waals surface area contributed by atoms with Gasteiger partial charge in [-0.3, -0.25) is 24.6 Å². The minimum Gasteiger partial charge on any atom is -0.299 e. The van der Waals surface area contributed by atoms with E-state index in [1.54, 1.807) is 6.92 Å². The Balaban J connectivity index is 2.71. The summed E-state index contributed by atoms with van der Waals surface area (Å²) in [4.78, 5) is 34.4. The van der Waals surface area contributed by atoms with Crippen LogP contribution >= 0.6 is 0 Å². The molecule has 2 rings (SSSR count). The summed E-state index contributed by atoms with van der Waals surface area (Å²) in [6.45, 7) is 1.90. The van der Waals surface area contributed by atoms with E-state index in [4.69, 9.17) is 0 Å². The second kappa shape index (κ2) is 3.41. The monoisotopic (exact) mass is 220 g/mol. The number of nitrogens with zero attached hydrogens (tertiary/aromatic N) is 2. The number of Topliss-reactive ketones (excluding diaryl/α,β-unsaturated/α-hetero) is 1. The Labute approximate surface area is 90.6 Å². The van der Waals surface area contributed by atoms with Crippen molar-refractivity contribution < 1.29 is 14.5 Å². The lowest BCUT2D eigenvalue weighted by Crippen LogP contribution is -2.29. The third kappa shape index (κ3) is 1.19. The summed E-state index contributed by atoms with van der Waals surface area (Å²) in [5.74, 6) is -1.38. The van der Waals surface area contributed by atoms with Crippen molar-refractivity contribution in [2.24, 2.45) is 0 Å². The quantitative estimate of drug-likeness (QED) is 0.425. The Kier molecular flexibility index (Phi) is 2.19. The zero-order chi connectivity index (χ0) is 11.9. The van der Waals surface area contributed by atoms with Crippen LogP contribution in [0, 0.1) is 10.1 Å². The van der Waals surface area contributed by atoms with Gasteiger partial charge in [0.1, 0.15) is 5.69 Å². The van der Waals surface area contributed by atoms with Gasteiger partial charge in [-0.1, -0.05) is 6.07 Å². The highest BCUT2D eigenvalue weighted by atomic mass is 16.6. The van der Waals surface area contributed by atoms with E-state index in [9.17, 15) is 19.7 Å². The second-order valence-corrected chi connectivity index (χ2v) is 3.31. The molecular formula is C10H8N2O4. The van der Waals surface area contributed by atoms with Gasteiger partial charge in [0.15, 0.2) is 0 Å². The number of rotatable bonds is 2. The van der Waals surface area contributed by atoms with E-state index in [0.29, 0.717) is 0 Å². The van der Waals surface area contributed by atoms with Crippen molar-refractivity contribution in [3.05, 3.63) is 33.9 Å². The predicted molar refractivity (Wildman–Crippen MR) is 55.5 cm³/mol. The molecule has 16 heavy (non-hydrogen) atoms. The smallest absolute Gasteiger partial charge is 0.299 e. The first-order valence-corrected chi connectivity index (χ1v) is 4.71. The molecule has 0 unspecified atom stereocenters. The highest BCUT2D eigenvalue weighted by molar-refractivity contribution is 6.52. The molecule has 6 nitrogen and oxygen atoms in total. The number of hydrogen-bond donors (Lipinski definition) is 0. The Bertz CT molecular complexity index is 510. The third-order valence-electron chi connectivity index (χ3n) is 2.48. The molecule has 1 aromatic rings. The Morgan fingerprint density at radius 1 is 1.38 bits per heavy atom. The molecule has 1 aliphatic heterocycles. The molecule has 82 valence electrons. The van der Waals surface area contributed by atoms with Crippen LogP contribution in [0.15, 0.2) is 18.2 Å². The standard InChI is InChI=1S/C10H8N2O4/c1-2-11-8-6(9(13)10(11)14)4-3-5-7(8)12(15)16/h3-5H,2H2,1H3. The molecule has 0 bridgehead atoms. The molecule has 0 saturated heterocycles. The molecule has 0 aliphatic carbocycles. The van der Waals surface area contributed by atoms with E-state index >= 15 is 0 Å². The molecule has 0 radical (unpaired) electrons. The number of nitro benzene ring substituents is 1. The highest BCUT2D eigenvalue weighted by Gasteiger charge is 2.39. The molecule has 0 fully saturated rings. The van der Waals surface area contributed by atoms with Crippen LogP contribution in [0.5, 0.6) is 0 Å². The summed E-state index contributed by atoms with van der Waals surface area (Å²) in [5, 5.41) is 10.8. The summed E-state index contributed by atoms with van der Waals surface area (Å²) in [6, 6.07) is 4.12. The van der Waals surface area contributed by atoms with Gasteiger partial charge in [-0.05, 0) is 13.0 Å². The van der Waals surface area contributed by atoms with Crippen LogP contribution in [0.2, 0.25) is 0 Å². The maximum absolute atomic E-state index is 11.5. The number of hydrogen-bond acceptors (Lipinski definition) is 4. The van der Waals surface area contributed by atoms with E-state index in [-0.39, 0.29) is 23.5 Å². The largest absolute Gasteiger partial charge is 0.299 e. The molecule has 6 heteroatoms. The van der Waals surface area contributed by atoms with Crippen molar-refractivity contribution in [1.82, 2.24) is 0 Å². The molecule has 0 atom stereocenters. The van der Waals surface area contributed by atoms with Gasteiger partial charge in [0.05, 0.1) is 10.5 Å². The van der Waals surface area contributed by atoms with Gasteiger partial charge in [-0.15, -0.1) is 0 Å². The molecule has 0 spiro atoms. The lowest BCUT2D eigenvalue weighted by atomic mass is 10.1. The second-order valence-electron chi connectivity index (χ2n) is 3.31. The van der Waals surface area contributed by atoms with Crippen LogP contribution in [-0.2, 0) is 4.79 Å². The summed E-state index contributed by atoms with van der Waals surface area (Å²) in [6.07, 6.45) is 0. The minimum absolute atomic E-state index is 0.112. The molecule has 0 saturated carbocycles. The predicted octanol–water partition coefficient (Wildman–Crippen LogP) is 1.14. The fraction of sp³-hybridized carbons (Fsp3) is 0.200. The van der Waals surface area contributed by atoms with Crippen molar-refractivity contribution in [1.29, 1.82) is 0 Å². The van der Waals surface area contributed by atoms with Crippen molar-refractivity contribution >= 4 is 23.1 Å². The molecular weight excluding hydrogens is 212 g/mol. The van der Waals surface area contributed by atoms with E-state index in [0.717, 1.165) is 4.90 Å². The van der Waals surface area contributed by atoms with Gasteiger partial charge < -0.3 is 0 Å². The van der Waals surface area contributed by atoms with Gasteiger partial charge in [0.25, 0.3) is 17.4 Å². The van der Waals surface area contributed by atoms with Gasteiger partial charge in [0, 0.05) is 12.6 Å². The van der Waals surface area contributed by atoms with Crippen molar-refractivity contribution in [2.75, 3.05) is 11.4 Å². The SMILES string of the molecule is CCN1C(=O)C(=O)c2cccc([N+](=O)[O-])c21. The molecule has 1 heterocycles. The van der Waals surface area contributed by atoms with Crippen LogP contribution in [0.4, 0.5) is 11.4 Å². The number of benzene rings is 1. The van der Waals surface area contributed by atoms with E-state index in [1.807, 2.05) is 0 Å². The van der Waals surface area contributed by atoms with Crippen LogP contribution in [-0.4, -0.2) is 23.2 Å². The maximum Gasteiger partial charge on any atom is 0.299 e. The van der Waals surface area contributed by atoms with Crippen LogP contribution in [0.25, 0.3) is 0 Å². The minimum atomic E-state index is -0.702. The Morgan fingerprint density at radius 3 is 2.62 bits per heavy atom. The first-order chi connectivity index (χ1) is 7.57. The number of likely N-dealkylation sites (N-methyl/N-ethyl adjacent to an activating group) is 1. The van der Waals surface area contributed by atoms with Gasteiger partial charge in [-0.25, -0.2) is 0 Å². The van der Waals surface area contributed by atoms with Gasteiger partial charge >= 0.3 is 0 Å². The zero-order valence-corrected chi connectivity index (χ0v) is 8.47.